The largest absolute Gasteiger partial charge is 0.416 e. The predicted octanol–water partition coefficient (Wildman–Crippen LogP) is 5.34. The van der Waals surface area contributed by atoms with Crippen molar-refractivity contribution in [2.24, 2.45) is 0 Å². The van der Waals surface area contributed by atoms with Crippen LogP contribution in [0.3, 0.4) is 0 Å². The number of carbonyl (C=O) groups is 1. The van der Waals surface area contributed by atoms with Gasteiger partial charge in [0.1, 0.15) is 0 Å². The lowest BCUT2D eigenvalue weighted by molar-refractivity contribution is -0.137. The molecule has 1 heterocycles. The van der Waals surface area contributed by atoms with E-state index in [0.717, 1.165) is 25.0 Å². The highest BCUT2D eigenvalue weighted by Gasteiger charge is 2.33. The van der Waals surface area contributed by atoms with Gasteiger partial charge in [-0.1, -0.05) is 12.1 Å². The van der Waals surface area contributed by atoms with Crippen LogP contribution in [0, 0.1) is 11.3 Å². The van der Waals surface area contributed by atoms with E-state index in [0.29, 0.717) is 29.8 Å². The third-order valence-corrected chi connectivity index (χ3v) is 4.63. The lowest BCUT2D eigenvalue weighted by Crippen LogP contribution is -2.41. The van der Waals surface area contributed by atoms with E-state index in [1.54, 1.807) is 35.2 Å². The van der Waals surface area contributed by atoms with Crippen LogP contribution in [0.25, 0.3) is 0 Å². The second-order valence-electron chi connectivity index (χ2n) is 6.45. The maximum absolute atomic E-state index is 13.0. The Balaban J connectivity index is 1.80. The number of benzene rings is 2. The molecule has 7 heteroatoms. The van der Waals surface area contributed by atoms with E-state index in [1.807, 2.05) is 6.07 Å². The molecule has 1 atom stereocenters. The fourth-order valence-corrected chi connectivity index (χ4v) is 3.27. The minimum absolute atomic E-state index is 0.359. The van der Waals surface area contributed by atoms with Gasteiger partial charge in [0, 0.05) is 12.2 Å². The van der Waals surface area contributed by atoms with Crippen molar-refractivity contribution in [3.8, 4) is 6.07 Å². The topological polar surface area (TPSA) is 56.1 Å². The van der Waals surface area contributed by atoms with Gasteiger partial charge in [0.2, 0.25) is 0 Å². The zero-order valence-corrected chi connectivity index (χ0v) is 14.5. The SMILES string of the molecule is N#Cc1ccc(NC(=O)N2CCCCC2c2cccc(C(F)(F)F)c2)cc1. The molecule has 1 aliphatic rings. The Morgan fingerprint density at radius 1 is 1.15 bits per heavy atom. The highest BCUT2D eigenvalue weighted by molar-refractivity contribution is 5.89. The first-order chi connectivity index (χ1) is 12.9. The number of likely N-dealkylation sites (tertiary alicyclic amines) is 1. The van der Waals surface area contributed by atoms with Crippen molar-refractivity contribution < 1.29 is 18.0 Å². The van der Waals surface area contributed by atoms with E-state index in [-0.39, 0.29) is 6.03 Å². The fourth-order valence-electron chi connectivity index (χ4n) is 3.27. The second-order valence-corrected chi connectivity index (χ2v) is 6.45. The molecule has 140 valence electrons. The molecule has 2 aromatic carbocycles. The van der Waals surface area contributed by atoms with Gasteiger partial charge in [-0.3, -0.25) is 0 Å². The van der Waals surface area contributed by atoms with Crippen molar-refractivity contribution in [1.82, 2.24) is 4.90 Å². The second kappa shape index (κ2) is 7.70. The van der Waals surface area contributed by atoms with Crippen molar-refractivity contribution >= 4 is 11.7 Å². The summed E-state index contributed by atoms with van der Waals surface area (Å²) in [4.78, 5) is 14.3. The molecule has 0 radical (unpaired) electrons. The Morgan fingerprint density at radius 3 is 2.56 bits per heavy atom. The molecule has 0 aromatic heterocycles. The van der Waals surface area contributed by atoms with Gasteiger partial charge in [-0.15, -0.1) is 0 Å². The number of anilines is 1. The van der Waals surface area contributed by atoms with E-state index in [4.69, 9.17) is 5.26 Å². The monoisotopic (exact) mass is 373 g/mol. The molecule has 1 fully saturated rings. The lowest BCUT2D eigenvalue weighted by Gasteiger charge is -2.36. The molecule has 0 saturated carbocycles. The number of nitrogens with one attached hydrogen (secondary N) is 1. The summed E-state index contributed by atoms with van der Waals surface area (Å²) in [7, 11) is 0. The van der Waals surface area contributed by atoms with Gasteiger partial charge in [0.25, 0.3) is 0 Å². The zero-order valence-electron chi connectivity index (χ0n) is 14.5. The van der Waals surface area contributed by atoms with E-state index in [9.17, 15) is 18.0 Å². The van der Waals surface area contributed by atoms with Crippen molar-refractivity contribution in [2.45, 2.75) is 31.5 Å². The zero-order chi connectivity index (χ0) is 19.4. The summed E-state index contributed by atoms with van der Waals surface area (Å²) < 4.78 is 39.1. The van der Waals surface area contributed by atoms with Crippen LogP contribution in [0.15, 0.2) is 48.5 Å². The van der Waals surface area contributed by atoms with Crippen LogP contribution >= 0.6 is 0 Å². The molecule has 0 bridgehead atoms. The molecule has 3 rings (SSSR count). The molecule has 1 N–H and O–H groups in total. The molecule has 1 aliphatic heterocycles. The van der Waals surface area contributed by atoms with E-state index in [1.165, 1.54) is 6.07 Å². The number of nitrogens with zero attached hydrogens (tertiary/aromatic N) is 2. The van der Waals surface area contributed by atoms with Crippen LogP contribution in [0.4, 0.5) is 23.7 Å². The Labute approximate surface area is 155 Å². The summed E-state index contributed by atoms with van der Waals surface area (Å²) in [5.74, 6) is 0. The molecule has 4 nitrogen and oxygen atoms in total. The van der Waals surface area contributed by atoms with E-state index in [2.05, 4.69) is 5.32 Å². The maximum atomic E-state index is 13.0. The van der Waals surface area contributed by atoms with Crippen LogP contribution < -0.4 is 5.32 Å². The molecule has 0 spiro atoms. The Morgan fingerprint density at radius 2 is 1.89 bits per heavy atom. The van der Waals surface area contributed by atoms with Gasteiger partial charge in [0.15, 0.2) is 0 Å². The molecule has 1 saturated heterocycles. The number of alkyl halides is 3. The minimum Gasteiger partial charge on any atom is -0.317 e. The first kappa shape index (κ1) is 18.8. The molecule has 0 aliphatic carbocycles. The normalized spacial score (nSPS) is 17.3. The number of hydrogen-bond acceptors (Lipinski definition) is 2. The summed E-state index contributed by atoms with van der Waals surface area (Å²) >= 11 is 0. The van der Waals surface area contributed by atoms with Gasteiger partial charge >= 0.3 is 12.2 Å². The van der Waals surface area contributed by atoms with Gasteiger partial charge in [-0.05, 0) is 61.2 Å². The molecular weight excluding hydrogens is 355 g/mol. The first-order valence-corrected chi connectivity index (χ1v) is 8.63. The third kappa shape index (κ3) is 4.40. The predicted molar refractivity (Wildman–Crippen MR) is 94.9 cm³/mol. The van der Waals surface area contributed by atoms with E-state index < -0.39 is 17.8 Å². The maximum Gasteiger partial charge on any atom is 0.416 e. The summed E-state index contributed by atoms with van der Waals surface area (Å²) in [6.07, 6.45) is -2.15. The number of rotatable bonds is 2. The highest BCUT2D eigenvalue weighted by Crippen LogP contribution is 2.35. The standard InChI is InChI=1S/C20H18F3N3O/c21-20(22,23)16-5-3-4-15(12-16)18-6-1-2-11-26(18)19(27)25-17-9-7-14(13-24)8-10-17/h3-5,7-10,12,18H,1-2,6,11H2,(H,25,27). The molecule has 27 heavy (non-hydrogen) atoms. The van der Waals surface area contributed by atoms with Crippen LogP contribution in [0.5, 0.6) is 0 Å². The van der Waals surface area contributed by atoms with Crippen molar-refractivity contribution in [3.05, 3.63) is 65.2 Å². The number of carbonyl (C=O) groups excluding carboxylic acids is 1. The Kier molecular flexibility index (Phi) is 5.36. The average molecular weight is 373 g/mol. The lowest BCUT2D eigenvalue weighted by atomic mass is 9.94. The van der Waals surface area contributed by atoms with Gasteiger partial charge in [0.05, 0.1) is 23.2 Å². The van der Waals surface area contributed by atoms with Gasteiger partial charge < -0.3 is 10.2 Å². The van der Waals surface area contributed by atoms with Gasteiger partial charge in [-0.25, -0.2) is 4.79 Å². The molecule has 2 amide bonds. The molecule has 2 aromatic rings. The number of hydrogen-bond donors (Lipinski definition) is 1. The Bertz CT molecular complexity index is 856. The number of nitriles is 1. The quantitative estimate of drug-likeness (QED) is 0.773. The summed E-state index contributed by atoms with van der Waals surface area (Å²) in [5.41, 5.74) is 0.790. The fraction of sp³-hybridized carbons (Fsp3) is 0.300. The van der Waals surface area contributed by atoms with E-state index >= 15 is 0 Å². The van der Waals surface area contributed by atoms with Crippen LogP contribution in [-0.4, -0.2) is 17.5 Å². The number of halogens is 3. The third-order valence-electron chi connectivity index (χ3n) is 4.63. The minimum atomic E-state index is -4.42. The van der Waals surface area contributed by atoms with Crippen molar-refractivity contribution in [1.29, 1.82) is 5.26 Å². The molecular formula is C20H18F3N3O. The van der Waals surface area contributed by atoms with Crippen molar-refractivity contribution in [2.75, 3.05) is 11.9 Å². The van der Waals surface area contributed by atoms with Crippen LogP contribution in [0.2, 0.25) is 0 Å². The number of amides is 2. The molecule has 1 unspecified atom stereocenters. The smallest absolute Gasteiger partial charge is 0.317 e. The van der Waals surface area contributed by atoms with Crippen LogP contribution in [-0.2, 0) is 6.18 Å². The summed E-state index contributed by atoms with van der Waals surface area (Å²) in [6, 6.07) is 12.8. The Hall–Kier alpha value is -3.01. The summed E-state index contributed by atoms with van der Waals surface area (Å²) in [5, 5.41) is 11.6. The van der Waals surface area contributed by atoms with Crippen LogP contribution in [0.1, 0.15) is 42.0 Å². The summed E-state index contributed by atoms with van der Waals surface area (Å²) in [6.45, 7) is 0.475. The average Bonchev–Trinajstić information content (AvgIpc) is 2.68. The van der Waals surface area contributed by atoms with Crippen molar-refractivity contribution in [3.63, 3.8) is 0 Å². The number of piperidine rings is 1. The first-order valence-electron chi connectivity index (χ1n) is 8.63. The highest BCUT2D eigenvalue weighted by atomic mass is 19.4. The number of urea groups is 1. The van der Waals surface area contributed by atoms with Gasteiger partial charge in [-0.2, -0.15) is 18.4 Å².